The monoisotopic (exact) mass is 239 g/mol. The lowest BCUT2D eigenvalue weighted by molar-refractivity contribution is -0.0539. The second kappa shape index (κ2) is 5.25. The van der Waals surface area contributed by atoms with Crippen molar-refractivity contribution in [3.8, 4) is 0 Å². The van der Waals surface area contributed by atoms with Gasteiger partial charge in [0.25, 0.3) is 0 Å². The van der Waals surface area contributed by atoms with Crippen LogP contribution in [0.15, 0.2) is 0 Å². The minimum absolute atomic E-state index is 0.0473. The fraction of sp³-hybridized carbons (Fsp3) is 1.00. The van der Waals surface area contributed by atoms with E-state index in [-0.39, 0.29) is 6.29 Å². The normalized spacial score (nSPS) is 39.0. The first kappa shape index (κ1) is 11.9. The van der Waals surface area contributed by atoms with Gasteiger partial charge in [0.15, 0.2) is 6.29 Å². The zero-order valence-corrected chi connectivity index (χ0v) is 10.9. The van der Waals surface area contributed by atoms with E-state index in [4.69, 9.17) is 9.47 Å². The Kier molecular flexibility index (Phi) is 3.69. The first-order valence-corrected chi connectivity index (χ1v) is 7.25. The standard InChI is InChI=1S/C14H25NO2/c1-15-13(9-14-16-4-5-17-14)8-12-7-10-2-3-11(12)6-10/h10-15H,2-9H2,1H3. The molecule has 4 atom stereocenters. The van der Waals surface area contributed by atoms with Crippen LogP contribution in [0.2, 0.25) is 0 Å². The van der Waals surface area contributed by atoms with E-state index in [9.17, 15) is 0 Å². The highest BCUT2D eigenvalue weighted by Crippen LogP contribution is 2.50. The molecule has 1 heterocycles. The highest BCUT2D eigenvalue weighted by atomic mass is 16.7. The number of hydrogen-bond donors (Lipinski definition) is 1. The van der Waals surface area contributed by atoms with Gasteiger partial charge in [-0.15, -0.1) is 0 Å². The lowest BCUT2D eigenvalue weighted by Crippen LogP contribution is -2.33. The molecule has 17 heavy (non-hydrogen) atoms. The molecule has 0 aromatic rings. The van der Waals surface area contributed by atoms with Gasteiger partial charge in [0.1, 0.15) is 0 Å². The van der Waals surface area contributed by atoms with Gasteiger partial charge < -0.3 is 14.8 Å². The molecule has 98 valence electrons. The molecule has 0 amide bonds. The van der Waals surface area contributed by atoms with Crippen LogP contribution in [0.3, 0.4) is 0 Å². The fourth-order valence-electron chi connectivity index (χ4n) is 4.14. The predicted molar refractivity (Wildman–Crippen MR) is 66.7 cm³/mol. The minimum Gasteiger partial charge on any atom is -0.350 e. The molecule has 2 aliphatic carbocycles. The number of hydrogen-bond acceptors (Lipinski definition) is 3. The van der Waals surface area contributed by atoms with Crippen LogP contribution in [0.25, 0.3) is 0 Å². The van der Waals surface area contributed by atoms with Gasteiger partial charge in [-0.05, 0) is 50.5 Å². The van der Waals surface area contributed by atoms with Gasteiger partial charge in [-0.1, -0.05) is 6.42 Å². The van der Waals surface area contributed by atoms with Crippen molar-refractivity contribution in [1.82, 2.24) is 5.32 Å². The third-order valence-electron chi connectivity index (χ3n) is 5.05. The molecule has 1 saturated heterocycles. The second-order valence-electron chi connectivity index (χ2n) is 6.06. The molecule has 3 nitrogen and oxygen atoms in total. The van der Waals surface area contributed by atoms with E-state index in [1.165, 1.54) is 32.1 Å². The van der Waals surface area contributed by atoms with Crippen LogP contribution < -0.4 is 5.32 Å². The molecule has 3 aliphatic rings. The molecule has 1 N–H and O–H groups in total. The lowest BCUT2D eigenvalue weighted by Gasteiger charge is -2.27. The van der Waals surface area contributed by atoms with Crippen molar-refractivity contribution in [2.24, 2.45) is 17.8 Å². The number of nitrogens with one attached hydrogen (secondary N) is 1. The Morgan fingerprint density at radius 2 is 1.94 bits per heavy atom. The summed E-state index contributed by atoms with van der Waals surface area (Å²) in [4.78, 5) is 0. The topological polar surface area (TPSA) is 30.5 Å². The smallest absolute Gasteiger partial charge is 0.159 e. The molecular weight excluding hydrogens is 214 g/mol. The van der Waals surface area contributed by atoms with Crippen LogP contribution >= 0.6 is 0 Å². The molecule has 0 aromatic carbocycles. The Morgan fingerprint density at radius 3 is 2.53 bits per heavy atom. The average molecular weight is 239 g/mol. The molecule has 4 unspecified atom stereocenters. The Labute approximate surface area is 104 Å². The van der Waals surface area contributed by atoms with Crippen LogP contribution in [0.1, 0.15) is 38.5 Å². The van der Waals surface area contributed by atoms with Crippen molar-refractivity contribution < 1.29 is 9.47 Å². The van der Waals surface area contributed by atoms with E-state index in [0.717, 1.165) is 37.4 Å². The maximum absolute atomic E-state index is 5.55. The first-order valence-electron chi connectivity index (χ1n) is 7.25. The summed E-state index contributed by atoms with van der Waals surface area (Å²) in [5, 5.41) is 3.46. The van der Waals surface area contributed by atoms with Gasteiger partial charge in [0.05, 0.1) is 13.2 Å². The highest BCUT2D eigenvalue weighted by molar-refractivity contribution is 4.91. The van der Waals surface area contributed by atoms with Gasteiger partial charge in [-0.25, -0.2) is 0 Å². The van der Waals surface area contributed by atoms with E-state index in [0.29, 0.717) is 6.04 Å². The summed E-state index contributed by atoms with van der Waals surface area (Å²) in [6, 6.07) is 0.572. The third-order valence-corrected chi connectivity index (χ3v) is 5.05. The second-order valence-corrected chi connectivity index (χ2v) is 6.06. The van der Waals surface area contributed by atoms with Crippen LogP contribution in [0.5, 0.6) is 0 Å². The number of ether oxygens (including phenoxy) is 2. The Bertz CT molecular complexity index is 253. The van der Waals surface area contributed by atoms with Crippen molar-refractivity contribution in [2.75, 3.05) is 20.3 Å². The molecule has 3 rings (SSSR count). The fourth-order valence-corrected chi connectivity index (χ4v) is 4.14. The third kappa shape index (κ3) is 2.67. The summed E-state index contributed by atoms with van der Waals surface area (Å²) in [7, 11) is 2.08. The Hall–Kier alpha value is -0.120. The average Bonchev–Trinajstić information content (AvgIpc) is 3.04. The van der Waals surface area contributed by atoms with E-state index in [1.807, 2.05) is 0 Å². The van der Waals surface area contributed by atoms with E-state index >= 15 is 0 Å². The molecule has 0 radical (unpaired) electrons. The highest BCUT2D eigenvalue weighted by Gasteiger charge is 2.40. The maximum Gasteiger partial charge on any atom is 0.159 e. The largest absolute Gasteiger partial charge is 0.350 e. The summed E-state index contributed by atoms with van der Waals surface area (Å²) in [5.74, 6) is 3.05. The van der Waals surface area contributed by atoms with E-state index < -0.39 is 0 Å². The Morgan fingerprint density at radius 1 is 1.12 bits per heavy atom. The summed E-state index contributed by atoms with van der Waals surface area (Å²) in [6.07, 6.45) is 8.37. The van der Waals surface area contributed by atoms with Crippen molar-refractivity contribution in [3.05, 3.63) is 0 Å². The summed E-state index contributed by atoms with van der Waals surface area (Å²) in [6.45, 7) is 1.55. The lowest BCUT2D eigenvalue weighted by atomic mass is 9.83. The van der Waals surface area contributed by atoms with Crippen LogP contribution in [0.4, 0.5) is 0 Å². The van der Waals surface area contributed by atoms with Crippen molar-refractivity contribution in [3.63, 3.8) is 0 Å². The molecule has 3 heteroatoms. The predicted octanol–water partition coefficient (Wildman–Crippen LogP) is 2.16. The molecule has 3 fully saturated rings. The maximum atomic E-state index is 5.55. The molecule has 1 aliphatic heterocycles. The number of rotatable bonds is 5. The number of fused-ring (bicyclic) bond motifs is 2. The quantitative estimate of drug-likeness (QED) is 0.797. The minimum atomic E-state index is 0.0473. The zero-order valence-electron chi connectivity index (χ0n) is 10.9. The summed E-state index contributed by atoms with van der Waals surface area (Å²) < 4.78 is 11.1. The van der Waals surface area contributed by atoms with Gasteiger partial charge in [0.2, 0.25) is 0 Å². The summed E-state index contributed by atoms with van der Waals surface area (Å²) in [5.41, 5.74) is 0. The molecule has 2 bridgehead atoms. The van der Waals surface area contributed by atoms with E-state index in [1.54, 1.807) is 0 Å². The molecule has 2 saturated carbocycles. The van der Waals surface area contributed by atoms with Gasteiger partial charge in [-0.2, -0.15) is 0 Å². The molecule has 0 aromatic heterocycles. The van der Waals surface area contributed by atoms with Gasteiger partial charge in [0, 0.05) is 12.5 Å². The van der Waals surface area contributed by atoms with Gasteiger partial charge in [-0.3, -0.25) is 0 Å². The van der Waals surface area contributed by atoms with Crippen molar-refractivity contribution in [1.29, 1.82) is 0 Å². The summed E-state index contributed by atoms with van der Waals surface area (Å²) >= 11 is 0. The van der Waals surface area contributed by atoms with Crippen molar-refractivity contribution >= 4 is 0 Å². The van der Waals surface area contributed by atoms with Crippen LogP contribution in [0, 0.1) is 17.8 Å². The Balaban J connectivity index is 1.48. The first-order chi connectivity index (χ1) is 8.35. The van der Waals surface area contributed by atoms with Crippen LogP contribution in [-0.4, -0.2) is 32.6 Å². The SMILES string of the molecule is CNC(CC1OCCO1)CC1CC2CCC1C2. The molecule has 0 spiro atoms. The van der Waals surface area contributed by atoms with Crippen LogP contribution in [-0.2, 0) is 9.47 Å². The van der Waals surface area contributed by atoms with Crippen molar-refractivity contribution in [2.45, 2.75) is 50.9 Å². The van der Waals surface area contributed by atoms with Gasteiger partial charge >= 0.3 is 0 Å². The zero-order chi connectivity index (χ0) is 11.7. The van der Waals surface area contributed by atoms with E-state index in [2.05, 4.69) is 12.4 Å². The molecular formula is C14H25NO2.